The smallest absolute Gasteiger partial charge is 0.338 e. The largest absolute Gasteiger partial charge is 0.478 e. The van der Waals surface area contributed by atoms with E-state index in [9.17, 15) is 14.7 Å². The number of rotatable bonds is 2. The number of amides is 2. The number of aryl methyl sites for hydroxylation is 1. The van der Waals surface area contributed by atoms with E-state index in [0.717, 1.165) is 6.42 Å². The summed E-state index contributed by atoms with van der Waals surface area (Å²) in [4.78, 5) is 25.3. The summed E-state index contributed by atoms with van der Waals surface area (Å²) in [6, 6.07) is 4.75. The van der Waals surface area contributed by atoms with Crippen molar-refractivity contribution in [3.8, 4) is 0 Å². The number of carbonyl (C=O) groups is 2. The molecular formula is C15H20N2O4. The number of ether oxygens (including phenoxy) is 1. The van der Waals surface area contributed by atoms with Gasteiger partial charge in [0.25, 0.3) is 0 Å². The molecular weight excluding hydrogens is 272 g/mol. The van der Waals surface area contributed by atoms with Gasteiger partial charge in [-0.25, -0.2) is 9.59 Å². The minimum absolute atomic E-state index is 0.0188. The van der Waals surface area contributed by atoms with E-state index in [1.165, 1.54) is 0 Å². The molecule has 2 N–H and O–H groups in total. The lowest BCUT2D eigenvalue weighted by atomic mass is 10.1. The molecule has 0 aromatic heterocycles. The van der Waals surface area contributed by atoms with Gasteiger partial charge in [-0.15, -0.1) is 0 Å². The first-order valence-corrected chi connectivity index (χ1v) is 6.99. The Morgan fingerprint density at radius 1 is 1.43 bits per heavy atom. The van der Waals surface area contributed by atoms with Gasteiger partial charge < -0.3 is 20.1 Å². The molecule has 6 nitrogen and oxygen atoms in total. The van der Waals surface area contributed by atoms with Gasteiger partial charge in [0.1, 0.15) is 0 Å². The van der Waals surface area contributed by atoms with Crippen molar-refractivity contribution in [1.29, 1.82) is 0 Å². The number of hydrogen-bond donors (Lipinski definition) is 2. The molecule has 0 aliphatic carbocycles. The minimum atomic E-state index is -1.05. The molecule has 2 rings (SSSR count). The maximum atomic E-state index is 12.3. The van der Waals surface area contributed by atoms with Crippen LogP contribution in [-0.4, -0.2) is 47.8 Å². The molecule has 1 atom stereocenters. The molecule has 1 fully saturated rings. The Kier molecular flexibility index (Phi) is 4.80. The average molecular weight is 292 g/mol. The zero-order chi connectivity index (χ0) is 15.4. The summed E-state index contributed by atoms with van der Waals surface area (Å²) >= 11 is 0. The SMILES string of the molecule is Cc1cccc(NC(=O)N2CCCOC(C)C2)c1C(=O)O. The predicted molar refractivity (Wildman–Crippen MR) is 78.8 cm³/mol. The van der Waals surface area contributed by atoms with Gasteiger partial charge in [0.15, 0.2) is 0 Å². The Bertz CT molecular complexity index is 544. The number of nitrogens with one attached hydrogen (secondary N) is 1. The molecule has 114 valence electrons. The molecule has 1 aliphatic heterocycles. The first-order valence-electron chi connectivity index (χ1n) is 6.99. The van der Waals surface area contributed by atoms with E-state index in [1.54, 1.807) is 30.0 Å². The van der Waals surface area contributed by atoms with E-state index in [0.29, 0.717) is 30.9 Å². The minimum Gasteiger partial charge on any atom is -0.478 e. The standard InChI is InChI=1S/C15H20N2O4/c1-10-5-3-6-12(13(10)14(18)19)16-15(20)17-7-4-8-21-11(2)9-17/h3,5-6,11H,4,7-9H2,1-2H3,(H,16,20)(H,18,19). The highest BCUT2D eigenvalue weighted by Crippen LogP contribution is 2.20. The highest BCUT2D eigenvalue weighted by Gasteiger charge is 2.22. The van der Waals surface area contributed by atoms with E-state index >= 15 is 0 Å². The summed E-state index contributed by atoms with van der Waals surface area (Å²) < 4.78 is 5.50. The fraction of sp³-hybridized carbons (Fsp3) is 0.467. The van der Waals surface area contributed by atoms with Crippen molar-refractivity contribution in [2.45, 2.75) is 26.4 Å². The van der Waals surface area contributed by atoms with Gasteiger partial charge in [0.2, 0.25) is 0 Å². The second-order valence-electron chi connectivity index (χ2n) is 5.21. The van der Waals surface area contributed by atoms with E-state index < -0.39 is 5.97 Å². The zero-order valence-electron chi connectivity index (χ0n) is 12.3. The van der Waals surface area contributed by atoms with Crippen LogP contribution in [0.2, 0.25) is 0 Å². The van der Waals surface area contributed by atoms with Crippen LogP contribution in [0.1, 0.15) is 29.3 Å². The van der Waals surface area contributed by atoms with Crippen LogP contribution < -0.4 is 5.32 Å². The topological polar surface area (TPSA) is 78.9 Å². The average Bonchev–Trinajstić information content (AvgIpc) is 2.63. The summed E-state index contributed by atoms with van der Waals surface area (Å²) in [5.41, 5.74) is 1.07. The molecule has 2 amide bonds. The Balaban J connectivity index is 2.16. The van der Waals surface area contributed by atoms with E-state index in [-0.39, 0.29) is 17.7 Å². The lowest BCUT2D eigenvalue weighted by Gasteiger charge is -2.23. The Labute approximate surface area is 123 Å². The third kappa shape index (κ3) is 3.72. The molecule has 0 radical (unpaired) electrons. The van der Waals surface area contributed by atoms with Crippen molar-refractivity contribution in [1.82, 2.24) is 4.90 Å². The summed E-state index contributed by atoms with van der Waals surface area (Å²) in [5, 5.41) is 12.0. The van der Waals surface area contributed by atoms with E-state index in [1.807, 2.05) is 6.92 Å². The van der Waals surface area contributed by atoms with Crippen molar-refractivity contribution in [3.05, 3.63) is 29.3 Å². The molecule has 0 bridgehead atoms. The number of carbonyl (C=O) groups excluding carboxylic acids is 1. The molecule has 1 saturated heterocycles. The molecule has 1 aromatic rings. The van der Waals surface area contributed by atoms with Crippen LogP contribution in [-0.2, 0) is 4.74 Å². The van der Waals surface area contributed by atoms with Gasteiger partial charge in [-0.1, -0.05) is 12.1 Å². The van der Waals surface area contributed by atoms with Crippen molar-refractivity contribution in [2.75, 3.05) is 25.0 Å². The maximum absolute atomic E-state index is 12.3. The highest BCUT2D eigenvalue weighted by atomic mass is 16.5. The summed E-state index contributed by atoms with van der Waals surface area (Å²) in [7, 11) is 0. The Morgan fingerprint density at radius 2 is 2.19 bits per heavy atom. The Hall–Kier alpha value is -2.08. The molecule has 0 spiro atoms. The van der Waals surface area contributed by atoms with Crippen molar-refractivity contribution >= 4 is 17.7 Å². The maximum Gasteiger partial charge on any atom is 0.338 e. The molecule has 1 heterocycles. The summed E-state index contributed by atoms with van der Waals surface area (Å²) in [6.07, 6.45) is 0.756. The second-order valence-corrected chi connectivity index (χ2v) is 5.21. The highest BCUT2D eigenvalue weighted by molar-refractivity contribution is 6.01. The summed E-state index contributed by atoms with van der Waals surface area (Å²) in [5.74, 6) is -1.05. The van der Waals surface area contributed by atoms with Crippen LogP contribution in [0.25, 0.3) is 0 Å². The number of carboxylic acids is 1. The molecule has 1 aliphatic rings. The molecule has 1 aromatic carbocycles. The number of hydrogen-bond acceptors (Lipinski definition) is 3. The van der Waals surface area contributed by atoms with Gasteiger partial charge >= 0.3 is 12.0 Å². The van der Waals surface area contributed by atoms with Crippen molar-refractivity contribution in [2.24, 2.45) is 0 Å². The van der Waals surface area contributed by atoms with Crippen LogP contribution in [0, 0.1) is 6.92 Å². The first-order chi connectivity index (χ1) is 9.99. The van der Waals surface area contributed by atoms with Crippen LogP contribution in [0.15, 0.2) is 18.2 Å². The number of carboxylic acid groups (broad SMARTS) is 1. The number of aromatic carboxylic acids is 1. The lowest BCUT2D eigenvalue weighted by Crippen LogP contribution is -2.39. The number of urea groups is 1. The van der Waals surface area contributed by atoms with Gasteiger partial charge in [-0.2, -0.15) is 0 Å². The molecule has 6 heteroatoms. The fourth-order valence-electron chi connectivity index (χ4n) is 2.43. The predicted octanol–water partition coefficient (Wildman–Crippen LogP) is 2.34. The number of benzene rings is 1. The Morgan fingerprint density at radius 3 is 2.90 bits per heavy atom. The quantitative estimate of drug-likeness (QED) is 0.877. The summed E-state index contributed by atoms with van der Waals surface area (Å²) in [6.45, 7) is 5.36. The van der Waals surface area contributed by atoms with E-state index in [4.69, 9.17) is 4.74 Å². The van der Waals surface area contributed by atoms with Crippen molar-refractivity contribution in [3.63, 3.8) is 0 Å². The van der Waals surface area contributed by atoms with Crippen LogP contribution in [0.4, 0.5) is 10.5 Å². The number of nitrogens with zero attached hydrogens (tertiary/aromatic N) is 1. The van der Waals surface area contributed by atoms with Crippen molar-refractivity contribution < 1.29 is 19.4 Å². The monoisotopic (exact) mass is 292 g/mol. The van der Waals surface area contributed by atoms with E-state index in [2.05, 4.69) is 5.32 Å². The van der Waals surface area contributed by atoms with Gasteiger partial charge in [-0.05, 0) is 31.9 Å². The third-order valence-corrected chi connectivity index (χ3v) is 3.47. The second kappa shape index (κ2) is 6.58. The third-order valence-electron chi connectivity index (χ3n) is 3.47. The van der Waals surface area contributed by atoms with Gasteiger partial charge in [0.05, 0.1) is 17.4 Å². The molecule has 21 heavy (non-hydrogen) atoms. The first kappa shape index (κ1) is 15.3. The zero-order valence-corrected chi connectivity index (χ0v) is 12.3. The molecule has 1 unspecified atom stereocenters. The lowest BCUT2D eigenvalue weighted by molar-refractivity contribution is 0.0695. The molecule has 0 saturated carbocycles. The normalized spacial score (nSPS) is 19.0. The fourth-order valence-corrected chi connectivity index (χ4v) is 2.43. The van der Waals surface area contributed by atoms with Crippen LogP contribution in [0.3, 0.4) is 0 Å². The van der Waals surface area contributed by atoms with Gasteiger partial charge in [-0.3, -0.25) is 0 Å². The number of anilines is 1. The van der Waals surface area contributed by atoms with Crippen LogP contribution in [0.5, 0.6) is 0 Å². The van der Waals surface area contributed by atoms with Gasteiger partial charge in [0, 0.05) is 19.7 Å². The van der Waals surface area contributed by atoms with Crippen LogP contribution >= 0.6 is 0 Å².